The van der Waals surface area contributed by atoms with E-state index in [2.05, 4.69) is 14.8 Å². The van der Waals surface area contributed by atoms with Crippen molar-refractivity contribution in [1.29, 1.82) is 0 Å². The minimum Gasteiger partial charge on any atom is -0.870 e. The molecule has 81 heavy (non-hydrogen) atoms. The van der Waals surface area contributed by atoms with Crippen molar-refractivity contribution in [1.82, 2.24) is 15.1 Å². The third-order valence-corrected chi connectivity index (χ3v) is 10.1. The summed E-state index contributed by atoms with van der Waals surface area (Å²) in [6.07, 6.45) is 1.59. The Labute approximate surface area is 499 Å². The van der Waals surface area contributed by atoms with Crippen molar-refractivity contribution in [2.75, 3.05) is 85.6 Å². The molecule has 4 aliphatic rings. The first-order chi connectivity index (χ1) is 38.3. The van der Waals surface area contributed by atoms with Crippen LogP contribution < -0.4 is 40.6 Å². The number of carbonyl (C=O) groups excluding carboxylic acids is 7. The number of rotatable bonds is 15. The van der Waals surface area contributed by atoms with Gasteiger partial charge in [-0.2, -0.15) is 0 Å². The first-order valence-corrected chi connectivity index (χ1v) is 26.1. The van der Waals surface area contributed by atoms with Crippen LogP contribution in [-0.2, 0) is 91.2 Å². The zero-order chi connectivity index (χ0) is 58.3. The second-order valence-electron chi connectivity index (χ2n) is 16.1. The molecule has 4 saturated heterocycles. The van der Waals surface area contributed by atoms with E-state index in [1.165, 1.54) is 17.7 Å². The average Bonchev–Trinajstić information content (AvgIpc) is 4.09. The van der Waals surface area contributed by atoms with Gasteiger partial charge in [0.1, 0.15) is 19.8 Å². The Kier molecular flexibility index (Phi) is 48.7. The van der Waals surface area contributed by atoms with Crippen LogP contribution in [0.2, 0.25) is 0 Å². The summed E-state index contributed by atoms with van der Waals surface area (Å²) in [4.78, 5) is 89.5. The molecular weight excluding hydrogens is 1100 g/mol. The minimum absolute atomic E-state index is 0. The number of esters is 3. The predicted molar refractivity (Wildman–Crippen MR) is 287 cm³/mol. The van der Waals surface area contributed by atoms with E-state index >= 15 is 0 Å². The number of nitrogens with two attached hydrogens (primary N) is 1. The van der Waals surface area contributed by atoms with Crippen LogP contribution in [0.25, 0.3) is 0 Å². The quantitative estimate of drug-likeness (QED) is 0.0424. The van der Waals surface area contributed by atoms with Gasteiger partial charge in [-0.05, 0) is 82.5 Å². The Hall–Kier alpha value is -5.81. The van der Waals surface area contributed by atoms with Crippen LogP contribution in [-0.4, -0.2) is 178 Å². The maximum atomic E-state index is 12.1. The number of amides is 2. The number of aliphatic hydroxyl groups excluding tert-OH is 1. The molecule has 0 saturated carbocycles. The SMILES string of the molecule is C1CCOC1.CCOC(=O)C1NCCCO1.CCOC(=O)C1OCCCN1C(=O)OCc1ccccc1.CCOC(=O)C=O.NCCCO.O=C(Cl)OCc1ccccc1.O=C(O)C1OCCCN1C(=O)OCc1ccccc1.[Na+].[OH-]. The maximum Gasteiger partial charge on any atom is 1.00 e. The summed E-state index contributed by atoms with van der Waals surface area (Å²) in [7, 11) is 0. The number of nitrogens with zero attached hydrogens (tertiary/aromatic N) is 2. The standard InChI is InChI=1S/C15H19NO5.C13H15NO5.C8H7ClO2.C7H13NO3.C4H6O3.C4H8O.C3H9NO.Na.H2O/c1-2-19-14(17)13-16(9-6-10-20-13)15(18)21-11-12-7-4-3-5-8-12;15-12(16)11-14(7-4-8-18-11)13(17)19-9-10-5-2-1-3-6-10;9-8(10)11-6-7-4-2-1-3-5-7;1-2-10-7(9)6-8-4-3-5-11-6;1-2-7-4(6)3-5;1-2-4-5-3-1;4-2-1-3-5;;/h3-5,7-8,13H,2,6,9-11H2,1H3;1-3,5-6,11H,4,7-9H2,(H,15,16);1-5H,6H2;6,8H,2-5H2,1H3;3H,2H2,1H3;1-4H2;5H,1-4H2;;1H2/q;;;;;;;+1;/p-1. The second kappa shape index (κ2) is 51.1. The summed E-state index contributed by atoms with van der Waals surface area (Å²) < 4.78 is 49.2. The van der Waals surface area contributed by atoms with E-state index in [1.54, 1.807) is 20.8 Å². The van der Waals surface area contributed by atoms with E-state index < -0.39 is 54.2 Å². The fourth-order valence-corrected chi connectivity index (χ4v) is 6.35. The molecule has 6 N–H and O–H groups in total. The molecule has 4 heterocycles. The van der Waals surface area contributed by atoms with Gasteiger partial charge < -0.3 is 68.8 Å². The van der Waals surface area contributed by atoms with Gasteiger partial charge in [0.15, 0.2) is 0 Å². The average molecular weight is 1180 g/mol. The summed E-state index contributed by atoms with van der Waals surface area (Å²) in [6, 6.07) is 27.9. The molecule has 4 aliphatic heterocycles. The number of hydrogen-bond acceptors (Lipinski definition) is 22. The fraction of sp³-hybridized carbons (Fsp3) is 0.519. The van der Waals surface area contributed by atoms with Crippen molar-refractivity contribution in [3.8, 4) is 0 Å². The molecule has 0 aromatic heterocycles. The van der Waals surface area contributed by atoms with Crippen molar-refractivity contribution < 1.29 is 131 Å². The Morgan fingerprint density at radius 2 is 1.05 bits per heavy atom. The molecule has 448 valence electrons. The van der Waals surface area contributed by atoms with Crippen LogP contribution >= 0.6 is 11.6 Å². The van der Waals surface area contributed by atoms with E-state index in [0.29, 0.717) is 58.9 Å². The summed E-state index contributed by atoms with van der Waals surface area (Å²) >= 11 is 4.97. The number of carboxylic acid groups (broad SMARTS) is 1. The smallest absolute Gasteiger partial charge is 0.870 e. The number of carbonyl (C=O) groups is 8. The molecule has 25 nitrogen and oxygen atoms in total. The first kappa shape index (κ1) is 77.3. The third-order valence-electron chi connectivity index (χ3n) is 9.99. The van der Waals surface area contributed by atoms with Gasteiger partial charge in [0, 0.05) is 51.1 Å². The summed E-state index contributed by atoms with van der Waals surface area (Å²) in [6.45, 7) is 12.3. The van der Waals surface area contributed by atoms with E-state index in [1.807, 2.05) is 91.0 Å². The molecular formula is C54H78ClN4NaO21. The predicted octanol–water partition coefficient (Wildman–Crippen LogP) is 2.54. The van der Waals surface area contributed by atoms with Crippen LogP contribution in [0.3, 0.4) is 0 Å². The largest absolute Gasteiger partial charge is 1.00 e. The number of aliphatic carboxylic acids is 1. The molecule has 27 heteroatoms. The van der Waals surface area contributed by atoms with E-state index in [-0.39, 0.29) is 86.9 Å². The van der Waals surface area contributed by atoms with Crippen LogP contribution in [0.1, 0.15) is 76.0 Å². The molecule has 3 unspecified atom stereocenters. The number of aldehydes is 1. The van der Waals surface area contributed by atoms with Crippen molar-refractivity contribution in [2.24, 2.45) is 5.73 Å². The number of nitrogens with one attached hydrogen (secondary N) is 1. The monoisotopic (exact) mass is 1180 g/mol. The third kappa shape index (κ3) is 37.8. The molecule has 0 spiro atoms. The van der Waals surface area contributed by atoms with Gasteiger partial charge in [0.25, 0.3) is 0 Å². The Morgan fingerprint density at radius 1 is 0.617 bits per heavy atom. The number of carboxylic acids is 1. The zero-order valence-corrected chi connectivity index (χ0v) is 49.3. The molecule has 0 bridgehead atoms. The first-order valence-electron chi connectivity index (χ1n) is 25.7. The molecule has 3 aromatic carbocycles. The summed E-state index contributed by atoms with van der Waals surface area (Å²) in [5.74, 6) is -2.86. The molecule has 0 aliphatic carbocycles. The van der Waals surface area contributed by atoms with Crippen molar-refractivity contribution in [3.63, 3.8) is 0 Å². The van der Waals surface area contributed by atoms with Gasteiger partial charge in [-0.25, -0.2) is 33.6 Å². The van der Waals surface area contributed by atoms with Crippen LogP contribution in [0.4, 0.5) is 14.4 Å². The van der Waals surface area contributed by atoms with E-state index in [9.17, 15) is 38.4 Å². The summed E-state index contributed by atoms with van der Waals surface area (Å²) in [5, 5.41) is 19.9. The van der Waals surface area contributed by atoms with Crippen molar-refractivity contribution >= 4 is 59.4 Å². The summed E-state index contributed by atoms with van der Waals surface area (Å²) in [5.41, 5.74) is 6.87. The number of halogens is 1. The van der Waals surface area contributed by atoms with Gasteiger partial charge >= 0.3 is 71.0 Å². The van der Waals surface area contributed by atoms with Gasteiger partial charge in [0.05, 0.1) is 39.6 Å². The van der Waals surface area contributed by atoms with E-state index in [4.69, 9.17) is 65.4 Å². The molecule has 2 amide bonds. The fourth-order valence-electron chi connectivity index (χ4n) is 6.29. The maximum absolute atomic E-state index is 12.1. The van der Waals surface area contributed by atoms with Gasteiger partial charge in [-0.3, -0.25) is 19.9 Å². The molecule has 3 atom stereocenters. The van der Waals surface area contributed by atoms with Gasteiger partial charge in [-0.1, -0.05) is 91.0 Å². The zero-order valence-electron chi connectivity index (χ0n) is 46.6. The Morgan fingerprint density at radius 3 is 1.40 bits per heavy atom. The van der Waals surface area contributed by atoms with Gasteiger partial charge in [0.2, 0.25) is 25.0 Å². The van der Waals surface area contributed by atoms with Crippen molar-refractivity contribution in [3.05, 3.63) is 108 Å². The van der Waals surface area contributed by atoms with Crippen LogP contribution in [0, 0.1) is 0 Å². The Balaban J connectivity index is 0. The number of ether oxygens (including phenoxy) is 10. The number of aliphatic hydroxyl groups is 1. The minimum atomic E-state index is -1.25. The number of benzene rings is 3. The van der Waals surface area contributed by atoms with Crippen molar-refractivity contribution in [2.45, 2.75) is 97.8 Å². The second-order valence-corrected chi connectivity index (χ2v) is 16.4. The normalized spacial score (nSPS) is 16.4. The van der Waals surface area contributed by atoms with Gasteiger partial charge in [-0.15, -0.1) is 0 Å². The van der Waals surface area contributed by atoms with Crippen LogP contribution in [0.5, 0.6) is 0 Å². The molecule has 7 rings (SSSR count). The topological polar surface area (TPSA) is 344 Å². The molecule has 0 radical (unpaired) electrons. The molecule has 3 aromatic rings. The Bertz CT molecular complexity index is 2120. The van der Waals surface area contributed by atoms with E-state index in [0.717, 1.165) is 54.2 Å². The number of hydrogen-bond donors (Lipinski definition) is 4. The van der Waals surface area contributed by atoms with Crippen LogP contribution in [0.15, 0.2) is 91.0 Å². The molecule has 4 fully saturated rings.